The van der Waals surface area contributed by atoms with Gasteiger partial charge in [0.15, 0.2) is 5.96 Å². The molecule has 0 aromatic carbocycles. The fraction of sp³-hybridized carbons (Fsp3) is 0.875. The normalized spacial score (nSPS) is 15.6. The maximum Gasteiger partial charge on any atom is 0.222 e. The summed E-state index contributed by atoms with van der Waals surface area (Å²) in [6, 6.07) is 0. The molecule has 0 aromatic rings. The fourth-order valence-corrected chi connectivity index (χ4v) is 2.46. The van der Waals surface area contributed by atoms with Crippen LogP contribution in [0.3, 0.4) is 0 Å². The van der Waals surface area contributed by atoms with Crippen molar-refractivity contribution in [3.05, 3.63) is 0 Å². The van der Waals surface area contributed by atoms with Crippen LogP contribution in [0.15, 0.2) is 4.99 Å². The molecule has 0 radical (unpaired) electrons. The first-order valence-corrected chi connectivity index (χ1v) is 8.64. The fourth-order valence-electron chi connectivity index (χ4n) is 2.46. The predicted molar refractivity (Wildman–Crippen MR) is 93.8 cm³/mol. The van der Waals surface area contributed by atoms with Gasteiger partial charge in [0, 0.05) is 59.3 Å². The molecule has 0 aliphatic carbocycles. The monoisotopic (exact) mass is 327 g/mol. The summed E-state index contributed by atoms with van der Waals surface area (Å²) in [7, 11) is 3.80. The highest BCUT2D eigenvalue weighted by Crippen LogP contribution is 2.09. The van der Waals surface area contributed by atoms with Crippen LogP contribution in [0, 0.1) is 0 Å². The average Bonchev–Trinajstić information content (AvgIpc) is 2.94. The molecule has 1 amide bonds. The molecule has 7 nitrogen and oxygen atoms in total. The molecule has 2 N–H and O–H groups in total. The Balaban J connectivity index is 2.20. The molecule has 23 heavy (non-hydrogen) atoms. The van der Waals surface area contributed by atoms with Crippen molar-refractivity contribution in [2.24, 2.45) is 4.99 Å². The van der Waals surface area contributed by atoms with Crippen LogP contribution in [0.1, 0.15) is 26.2 Å². The van der Waals surface area contributed by atoms with Gasteiger partial charge in [-0.2, -0.15) is 0 Å². The van der Waals surface area contributed by atoms with Crippen LogP contribution in [0.25, 0.3) is 0 Å². The largest absolute Gasteiger partial charge is 0.383 e. The molecule has 1 aliphatic rings. The van der Waals surface area contributed by atoms with Crippen molar-refractivity contribution >= 4 is 11.9 Å². The van der Waals surface area contributed by atoms with Gasteiger partial charge in [-0.05, 0) is 26.8 Å². The number of nitrogens with one attached hydrogen (secondary N) is 2. The molecular weight excluding hydrogens is 294 g/mol. The molecule has 134 valence electrons. The first-order valence-electron chi connectivity index (χ1n) is 8.64. The Bertz CT molecular complexity index is 362. The van der Waals surface area contributed by atoms with Crippen LogP contribution in [-0.4, -0.2) is 88.2 Å². The SMILES string of the molecule is CCNC(=NCCCN1CCCC1=O)NCCN(C)CCOC. The summed E-state index contributed by atoms with van der Waals surface area (Å²) in [4.78, 5) is 20.3. The van der Waals surface area contributed by atoms with Crippen LogP contribution in [0.2, 0.25) is 0 Å². The van der Waals surface area contributed by atoms with Gasteiger partial charge in [0.2, 0.25) is 5.91 Å². The maximum absolute atomic E-state index is 11.5. The highest BCUT2D eigenvalue weighted by Gasteiger charge is 2.18. The molecule has 1 saturated heterocycles. The lowest BCUT2D eigenvalue weighted by atomic mass is 10.4. The molecule has 0 bridgehead atoms. The molecule has 0 atom stereocenters. The van der Waals surface area contributed by atoms with Gasteiger partial charge in [-0.3, -0.25) is 9.79 Å². The summed E-state index contributed by atoms with van der Waals surface area (Å²) < 4.78 is 5.07. The summed E-state index contributed by atoms with van der Waals surface area (Å²) in [6.07, 6.45) is 2.63. The molecule has 1 rings (SSSR count). The van der Waals surface area contributed by atoms with Gasteiger partial charge < -0.3 is 25.2 Å². The zero-order chi connectivity index (χ0) is 16.9. The molecule has 7 heteroatoms. The van der Waals surface area contributed by atoms with Crippen molar-refractivity contribution in [2.45, 2.75) is 26.2 Å². The second kappa shape index (κ2) is 12.1. The van der Waals surface area contributed by atoms with Crippen molar-refractivity contribution in [1.82, 2.24) is 20.4 Å². The van der Waals surface area contributed by atoms with Crippen LogP contribution in [0.5, 0.6) is 0 Å². The number of rotatable bonds is 11. The molecule has 0 unspecified atom stereocenters. The van der Waals surface area contributed by atoms with E-state index < -0.39 is 0 Å². The first kappa shape index (κ1) is 19.7. The smallest absolute Gasteiger partial charge is 0.222 e. The number of ether oxygens (including phenoxy) is 1. The van der Waals surface area contributed by atoms with Crippen LogP contribution in [-0.2, 0) is 9.53 Å². The lowest BCUT2D eigenvalue weighted by molar-refractivity contribution is -0.127. The van der Waals surface area contributed by atoms with Crippen molar-refractivity contribution in [1.29, 1.82) is 0 Å². The number of carbonyl (C=O) groups is 1. The van der Waals surface area contributed by atoms with Gasteiger partial charge in [0.1, 0.15) is 0 Å². The number of amides is 1. The lowest BCUT2D eigenvalue weighted by Gasteiger charge is -2.18. The van der Waals surface area contributed by atoms with Gasteiger partial charge >= 0.3 is 0 Å². The Labute approximate surface area is 140 Å². The minimum atomic E-state index is 0.290. The average molecular weight is 327 g/mol. The molecular formula is C16H33N5O2. The molecule has 0 aromatic heterocycles. The van der Waals surface area contributed by atoms with Gasteiger partial charge in [0.25, 0.3) is 0 Å². The quantitative estimate of drug-likeness (QED) is 0.321. The third-order valence-corrected chi connectivity index (χ3v) is 3.83. The zero-order valence-corrected chi connectivity index (χ0v) is 14.9. The van der Waals surface area contributed by atoms with Crippen molar-refractivity contribution in [2.75, 3.05) is 66.6 Å². The van der Waals surface area contributed by atoms with Gasteiger partial charge in [-0.1, -0.05) is 0 Å². The van der Waals surface area contributed by atoms with E-state index in [2.05, 4.69) is 34.5 Å². The number of likely N-dealkylation sites (tertiary alicyclic amines) is 1. The van der Waals surface area contributed by atoms with Gasteiger partial charge in [0.05, 0.1) is 6.61 Å². The summed E-state index contributed by atoms with van der Waals surface area (Å²) in [5, 5.41) is 6.59. The van der Waals surface area contributed by atoms with Crippen LogP contribution < -0.4 is 10.6 Å². The van der Waals surface area contributed by atoms with Crippen LogP contribution in [0.4, 0.5) is 0 Å². The number of guanidine groups is 1. The second-order valence-corrected chi connectivity index (χ2v) is 5.82. The summed E-state index contributed by atoms with van der Waals surface area (Å²) in [6.45, 7) is 8.83. The summed E-state index contributed by atoms with van der Waals surface area (Å²) in [5.74, 6) is 1.14. The highest BCUT2D eigenvalue weighted by atomic mass is 16.5. The van der Waals surface area contributed by atoms with E-state index in [4.69, 9.17) is 4.74 Å². The molecule has 1 fully saturated rings. The number of carbonyl (C=O) groups excluding carboxylic acids is 1. The van der Waals surface area contributed by atoms with E-state index in [9.17, 15) is 4.79 Å². The maximum atomic E-state index is 11.5. The topological polar surface area (TPSA) is 69.2 Å². The van der Waals surface area contributed by atoms with Crippen molar-refractivity contribution in [3.63, 3.8) is 0 Å². The number of nitrogens with zero attached hydrogens (tertiary/aromatic N) is 3. The number of aliphatic imine (C=N–C) groups is 1. The third kappa shape index (κ3) is 8.76. The highest BCUT2D eigenvalue weighted by molar-refractivity contribution is 5.79. The van der Waals surface area contributed by atoms with Crippen molar-refractivity contribution < 1.29 is 9.53 Å². The summed E-state index contributed by atoms with van der Waals surface area (Å²) >= 11 is 0. The van der Waals surface area contributed by atoms with Gasteiger partial charge in [-0.25, -0.2) is 0 Å². The zero-order valence-electron chi connectivity index (χ0n) is 14.9. The van der Waals surface area contributed by atoms with E-state index in [0.717, 1.165) is 71.2 Å². The van der Waals surface area contributed by atoms with Crippen molar-refractivity contribution in [3.8, 4) is 0 Å². The van der Waals surface area contributed by atoms with E-state index in [1.807, 2.05) is 4.90 Å². The summed E-state index contributed by atoms with van der Waals surface area (Å²) in [5.41, 5.74) is 0. The standard InChI is InChI=1S/C16H33N5O2/c1-4-17-16(19-9-12-20(2)13-14-23-3)18-8-6-11-21-10-5-7-15(21)22/h4-14H2,1-3H3,(H2,17,18,19). The van der Waals surface area contributed by atoms with E-state index >= 15 is 0 Å². The molecule has 0 saturated carbocycles. The van der Waals surface area contributed by atoms with E-state index in [1.54, 1.807) is 7.11 Å². The van der Waals surface area contributed by atoms with Crippen LogP contribution >= 0.6 is 0 Å². The Kier molecular flexibility index (Phi) is 10.4. The minimum absolute atomic E-state index is 0.290. The number of likely N-dealkylation sites (N-methyl/N-ethyl adjacent to an activating group) is 1. The Morgan fingerprint density at radius 3 is 2.87 bits per heavy atom. The molecule has 1 heterocycles. The molecule has 0 spiro atoms. The van der Waals surface area contributed by atoms with Gasteiger partial charge in [-0.15, -0.1) is 0 Å². The Morgan fingerprint density at radius 2 is 2.22 bits per heavy atom. The number of methoxy groups -OCH3 is 1. The number of hydrogen-bond acceptors (Lipinski definition) is 4. The lowest BCUT2D eigenvalue weighted by Crippen LogP contribution is -2.41. The molecule has 1 aliphatic heterocycles. The first-order chi connectivity index (χ1) is 11.2. The Morgan fingerprint density at radius 1 is 1.39 bits per heavy atom. The second-order valence-electron chi connectivity index (χ2n) is 5.82. The van der Waals surface area contributed by atoms with E-state index in [0.29, 0.717) is 6.42 Å². The van der Waals surface area contributed by atoms with E-state index in [-0.39, 0.29) is 5.91 Å². The number of hydrogen-bond donors (Lipinski definition) is 2. The third-order valence-electron chi connectivity index (χ3n) is 3.83. The Hall–Kier alpha value is -1.34. The van der Waals surface area contributed by atoms with E-state index in [1.165, 1.54) is 0 Å². The minimum Gasteiger partial charge on any atom is -0.383 e. The predicted octanol–water partition coefficient (Wildman–Crippen LogP) is 0.132.